The summed E-state index contributed by atoms with van der Waals surface area (Å²) in [7, 11) is 1.42. The minimum absolute atomic E-state index is 0.0796. The summed E-state index contributed by atoms with van der Waals surface area (Å²) in [5.74, 6) is -1.18. The predicted molar refractivity (Wildman–Crippen MR) is 91.2 cm³/mol. The molecule has 0 aliphatic rings. The molecule has 0 spiro atoms. The normalized spacial score (nSPS) is 13.8. The van der Waals surface area contributed by atoms with Crippen molar-refractivity contribution in [3.05, 3.63) is 35.9 Å². The Morgan fingerprint density at radius 1 is 1.00 bits per heavy atom. The van der Waals surface area contributed by atoms with Crippen LogP contribution in [0, 0.1) is 11.8 Å². The first kappa shape index (κ1) is 20.3. The lowest BCUT2D eigenvalue weighted by Gasteiger charge is -2.21. The van der Waals surface area contributed by atoms with Crippen LogP contribution in [0.25, 0.3) is 0 Å². The van der Waals surface area contributed by atoms with Crippen LogP contribution in [0.1, 0.15) is 39.7 Å². The SMILES string of the molecule is COC(C(=O)OC(=O)C(CC(C)C)OCc1ccccc1)C(C)C. The van der Waals surface area contributed by atoms with Gasteiger partial charge in [0, 0.05) is 7.11 Å². The summed E-state index contributed by atoms with van der Waals surface area (Å²) >= 11 is 0. The monoisotopic (exact) mass is 336 g/mol. The lowest BCUT2D eigenvalue weighted by atomic mass is 10.1. The van der Waals surface area contributed by atoms with Gasteiger partial charge in [0.15, 0.2) is 12.2 Å². The van der Waals surface area contributed by atoms with E-state index in [4.69, 9.17) is 14.2 Å². The first-order valence-corrected chi connectivity index (χ1v) is 8.29. The summed E-state index contributed by atoms with van der Waals surface area (Å²) < 4.78 is 15.8. The Hall–Kier alpha value is -1.72. The van der Waals surface area contributed by atoms with E-state index in [1.807, 2.05) is 58.0 Å². The fraction of sp³-hybridized carbons (Fsp3) is 0.579. The molecule has 0 aliphatic carbocycles. The molecule has 0 N–H and O–H groups in total. The zero-order valence-electron chi connectivity index (χ0n) is 15.2. The van der Waals surface area contributed by atoms with E-state index in [-0.39, 0.29) is 11.8 Å². The molecule has 0 fully saturated rings. The highest BCUT2D eigenvalue weighted by Crippen LogP contribution is 2.15. The highest BCUT2D eigenvalue weighted by Gasteiger charge is 2.30. The number of esters is 2. The van der Waals surface area contributed by atoms with Crippen molar-refractivity contribution in [3.63, 3.8) is 0 Å². The molecule has 5 nitrogen and oxygen atoms in total. The van der Waals surface area contributed by atoms with Gasteiger partial charge in [-0.3, -0.25) is 0 Å². The van der Waals surface area contributed by atoms with Gasteiger partial charge in [0.25, 0.3) is 0 Å². The van der Waals surface area contributed by atoms with Crippen molar-refractivity contribution in [2.75, 3.05) is 7.11 Å². The van der Waals surface area contributed by atoms with Crippen LogP contribution in [0.4, 0.5) is 0 Å². The van der Waals surface area contributed by atoms with Gasteiger partial charge in [-0.15, -0.1) is 0 Å². The third kappa shape index (κ3) is 6.81. The summed E-state index contributed by atoms with van der Waals surface area (Å²) in [6.45, 7) is 7.92. The summed E-state index contributed by atoms with van der Waals surface area (Å²) in [6, 6.07) is 9.57. The Bertz CT molecular complexity index is 510. The predicted octanol–water partition coefficient (Wildman–Crippen LogP) is 3.36. The Morgan fingerprint density at radius 3 is 2.12 bits per heavy atom. The fourth-order valence-corrected chi connectivity index (χ4v) is 2.30. The molecule has 0 aromatic heterocycles. The molecule has 1 rings (SSSR count). The van der Waals surface area contributed by atoms with Gasteiger partial charge in [-0.1, -0.05) is 58.0 Å². The Morgan fingerprint density at radius 2 is 1.62 bits per heavy atom. The lowest BCUT2D eigenvalue weighted by molar-refractivity contribution is -0.177. The van der Waals surface area contributed by atoms with Gasteiger partial charge in [0.1, 0.15) is 0 Å². The molecule has 24 heavy (non-hydrogen) atoms. The number of carbonyl (C=O) groups is 2. The molecule has 0 bridgehead atoms. The zero-order chi connectivity index (χ0) is 18.1. The second-order valence-electron chi connectivity index (χ2n) is 6.56. The van der Waals surface area contributed by atoms with Crippen LogP contribution < -0.4 is 0 Å². The molecule has 0 aliphatic heterocycles. The minimum Gasteiger partial charge on any atom is -0.389 e. The van der Waals surface area contributed by atoms with Crippen molar-refractivity contribution in [2.45, 2.75) is 52.9 Å². The molecule has 0 amide bonds. The quantitative estimate of drug-likeness (QED) is 0.511. The highest BCUT2D eigenvalue weighted by molar-refractivity contribution is 5.90. The largest absolute Gasteiger partial charge is 0.389 e. The van der Waals surface area contributed by atoms with E-state index in [0.29, 0.717) is 13.0 Å². The van der Waals surface area contributed by atoms with E-state index in [2.05, 4.69) is 0 Å². The molecule has 1 aromatic carbocycles. The molecular weight excluding hydrogens is 308 g/mol. The minimum atomic E-state index is -0.779. The molecule has 1 aromatic rings. The first-order valence-electron chi connectivity index (χ1n) is 8.29. The van der Waals surface area contributed by atoms with E-state index in [1.54, 1.807) is 0 Å². The van der Waals surface area contributed by atoms with E-state index in [0.717, 1.165) is 5.56 Å². The number of benzene rings is 1. The number of hydrogen-bond acceptors (Lipinski definition) is 5. The third-order valence-corrected chi connectivity index (χ3v) is 3.54. The van der Waals surface area contributed by atoms with Crippen molar-refractivity contribution in [3.8, 4) is 0 Å². The van der Waals surface area contributed by atoms with Gasteiger partial charge in [-0.25, -0.2) is 9.59 Å². The van der Waals surface area contributed by atoms with Gasteiger partial charge >= 0.3 is 11.9 Å². The van der Waals surface area contributed by atoms with E-state index in [9.17, 15) is 9.59 Å². The average Bonchev–Trinajstić information content (AvgIpc) is 2.52. The van der Waals surface area contributed by atoms with Crippen molar-refractivity contribution in [2.24, 2.45) is 11.8 Å². The van der Waals surface area contributed by atoms with Crippen LogP contribution in [0.3, 0.4) is 0 Å². The van der Waals surface area contributed by atoms with Crippen LogP contribution in [-0.2, 0) is 30.4 Å². The van der Waals surface area contributed by atoms with E-state index in [1.165, 1.54) is 7.11 Å². The molecule has 0 saturated carbocycles. The molecule has 0 radical (unpaired) electrons. The fourth-order valence-electron chi connectivity index (χ4n) is 2.30. The summed E-state index contributed by atoms with van der Waals surface area (Å²) in [6.07, 6.45) is -1.06. The molecule has 2 unspecified atom stereocenters. The maximum absolute atomic E-state index is 12.3. The maximum atomic E-state index is 12.3. The third-order valence-electron chi connectivity index (χ3n) is 3.54. The number of rotatable bonds is 9. The standard InChI is InChI=1S/C19H28O5/c1-13(2)11-16(23-12-15-9-7-6-8-10-15)18(20)24-19(21)17(22-5)14(3)4/h6-10,13-14,16-17H,11-12H2,1-5H3. The Kier molecular flexibility index (Phi) is 8.65. The topological polar surface area (TPSA) is 61.8 Å². The number of methoxy groups -OCH3 is 1. The van der Waals surface area contributed by atoms with Crippen LogP contribution in [-0.4, -0.2) is 31.3 Å². The Balaban J connectivity index is 2.69. The first-order chi connectivity index (χ1) is 11.3. The number of ether oxygens (including phenoxy) is 3. The molecule has 0 heterocycles. The molecule has 5 heteroatoms. The molecular formula is C19H28O5. The van der Waals surface area contributed by atoms with Crippen molar-refractivity contribution in [1.29, 1.82) is 0 Å². The van der Waals surface area contributed by atoms with Crippen molar-refractivity contribution < 1.29 is 23.8 Å². The smallest absolute Gasteiger partial charge is 0.343 e. The van der Waals surface area contributed by atoms with Crippen LogP contribution >= 0.6 is 0 Å². The second-order valence-corrected chi connectivity index (χ2v) is 6.56. The van der Waals surface area contributed by atoms with Gasteiger partial charge in [0.05, 0.1) is 6.61 Å². The highest BCUT2D eigenvalue weighted by atomic mass is 16.6. The van der Waals surface area contributed by atoms with Gasteiger partial charge in [0.2, 0.25) is 0 Å². The summed E-state index contributed by atoms with van der Waals surface area (Å²) in [4.78, 5) is 24.4. The maximum Gasteiger partial charge on any atom is 0.343 e. The number of carbonyl (C=O) groups excluding carboxylic acids is 2. The molecule has 2 atom stereocenters. The Labute approximate surface area is 144 Å². The van der Waals surface area contributed by atoms with Crippen molar-refractivity contribution in [1.82, 2.24) is 0 Å². The van der Waals surface area contributed by atoms with Gasteiger partial charge in [-0.2, -0.15) is 0 Å². The van der Waals surface area contributed by atoms with Crippen LogP contribution in [0.15, 0.2) is 30.3 Å². The number of hydrogen-bond donors (Lipinski definition) is 0. The van der Waals surface area contributed by atoms with Crippen LogP contribution in [0.2, 0.25) is 0 Å². The van der Waals surface area contributed by atoms with Gasteiger partial charge < -0.3 is 14.2 Å². The lowest BCUT2D eigenvalue weighted by Crippen LogP contribution is -2.36. The molecule has 134 valence electrons. The second kappa shape index (κ2) is 10.2. The molecule has 0 saturated heterocycles. The van der Waals surface area contributed by atoms with Crippen molar-refractivity contribution >= 4 is 11.9 Å². The zero-order valence-corrected chi connectivity index (χ0v) is 15.2. The van der Waals surface area contributed by atoms with Gasteiger partial charge in [-0.05, 0) is 23.8 Å². The summed E-state index contributed by atoms with van der Waals surface area (Å²) in [5.41, 5.74) is 0.960. The van der Waals surface area contributed by atoms with E-state index < -0.39 is 24.1 Å². The van der Waals surface area contributed by atoms with Crippen LogP contribution in [0.5, 0.6) is 0 Å². The summed E-state index contributed by atoms with van der Waals surface area (Å²) in [5, 5.41) is 0. The van der Waals surface area contributed by atoms with E-state index >= 15 is 0 Å². The average molecular weight is 336 g/mol.